The lowest BCUT2D eigenvalue weighted by molar-refractivity contribution is 0.0942. The minimum absolute atomic E-state index is 0.251. The summed E-state index contributed by atoms with van der Waals surface area (Å²) in [6.45, 7) is 0.296. The fourth-order valence-electron chi connectivity index (χ4n) is 1.29. The molecule has 0 saturated heterocycles. The van der Waals surface area contributed by atoms with E-state index < -0.39 is 0 Å². The van der Waals surface area contributed by atoms with Gasteiger partial charge in [-0.1, -0.05) is 11.2 Å². The molecule has 2 N–H and O–H groups in total. The van der Waals surface area contributed by atoms with E-state index >= 15 is 0 Å². The highest BCUT2D eigenvalue weighted by atomic mass is 16.5. The molecule has 2 aromatic rings. The lowest BCUT2D eigenvalue weighted by Gasteiger charge is -2.04. The van der Waals surface area contributed by atoms with Gasteiger partial charge in [0.05, 0.1) is 12.7 Å². The van der Waals surface area contributed by atoms with Gasteiger partial charge < -0.3 is 15.2 Å². The second-order valence-corrected chi connectivity index (χ2v) is 3.32. The number of carbonyl (C=O) groups is 1. The summed E-state index contributed by atoms with van der Waals surface area (Å²) < 4.78 is 4.87. The standard InChI is InChI=1S/C11H12N4O2/c1-12-10-4-2-3-9(15-10)11(16)13-7-8-5-6-14-17-8/h2-6H,7H2,1H3,(H,12,15)(H,13,16). The molecule has 6 nitrogen and oxygen atoms in total. The maximum absolute atomic E-state index is 11.7. The molecule has 0 atom stereocenters. The van der Waals surface area contributed by atoms with E-state index in [4.69, 9.17) is 4.52 Å². The van der Waals surface area contributed by atoms with Gasteiger partial charge in [-0.05, 0) is 12.1 Å². The summed E-state index contributed by atoms with van der Waals surface area (Å²) in [5.41, 5.74) is 0.358. The average molecular weight is 232 g/mol. The molecule has 1 amide bonds. The Hall–Kier alpha value is -2.37. The fraction of sp³-hybridized carbons (Fsp3) is 0.182. The van der Waals surface area contributed by atoms with Gasteiger partial charge >= 0.3 is 0 Å². The topological polar surface area (TPSA) is 80.0 Å². The van der Waals surface area contributed by atoms with Crippen LogP contribution < -0.4 is 10.6 Å². The van der Waals surface area contributed by atoms with Gasteiger partial charge in [-0.2, -0.15) is 0 Å². The number of rotatable bonds is 4. The van der Waals surface area contributed by atoms with Crippen LogP contribution >= 0.6 is 0 Å². The summed E-state index contributed by atoms with van der Waals surface area (Å²) in [6, 6.07) is 6.89. The monoisotopic (exact) mass is 232 g/mol. The second kappa shape index (κ2) is 5.11. The highest BCUT2D eigenvalue weighted by Gasteiger charge is 2.08. The number of carbonyl (C=O) groups excluding carboxylic acids is 1. The zero-order valence-corrected chi connectivity index (χ0v) is 9.30. The summed E-state index contributed by atoms with van der Waals surface area (Å²) in [6.07, 6.45) is 1.53. The van der Waals surface area contributed by atoms with Crippen molar-refractivity contribution in [2.45, 2.75) is 6.54 Å². The van der Waals surface area contributed by atoms with Crippen LogP contribution in [0.2, 0.25) is 0 Å². The summed E-state index contributed by atoms with van der Waals surface area (Å²) in [7, 11) is 1.75. The van der Waals surface area contributed by atoms with Gasteiger partial charge in [0.1, 0.15) is 11.5 Å². The number of nitrogens with one attached hydrogen (secondary N) is 2. The van der Waals surface area contributed by atoms with Gasteiger partial charge in [0, 0.05) is 13.1 Å². The van der Waals surface area contributed by atoms with Crippen molar-refractivity contribution in [1.82, 2.24) is 15.5 Å². The second-order valence-electron chi connectivity index (χ2n) is 3.32. The Bertz CT molecular complexity index is 496. The van der Waals surface area contributed by atoms with Crippen LogP contribution in [-0.4, -0.2) is 23.1 Å². The van der Waals surface area contributed by atoms with E-state index in [0.717, 1.165) is 0 Å². The van der Waals surface area contributed by atoms with Crippen molar-refractivity contribution < 1.29 is 9.32 Å². The largest absolute Gasteiger partial charge is 0.373 e. The highest BCUT2D eigenvalue weighted by Crippen LogP contribution is 2.04. The van der Waals surface area contributed by atoms with Crippen molar-refractivity contribution in [3.05, 3.63) is 41.9 Å². The Morgan fingerprint density at radius 2 is 2.29 bits per heavy atom. The lowest BCUT2D eigenvalue weighted by atomic mass is 10.3. The molecule has 0 radical (unpaired) electrons. The molecule has 0 unspecified atom stereocenters. The Balaban J connectivity index is 1.99. The quantitative estimate of drug-likeness (QED) is 0.823. The first-order valence-electron chi connectivity index (χ1n) is 5.12. The number of aromatic nitrogens is 2. The molecule has 6 heteroatoms. The third kappa shape index (κ3) is 2.81. The van der Waals surface area contributed by atoms with Gasteiger partial charge in [0.15, 0.2) is 5.76 Å². The van der Waals surface area contributed by atoms with Crippen LogP contribution in [0.1, 0.15) is 16.2 Å². The number of pyridine rings is 1. The number of amides is 1. The Morgan fingerprint density at radius 3 is 3.00 bits per heavy atom. The van der Waals surface area contributed by atoms with Crippen molar-refractivity contribution in [2.24, 2.45) is 0 Å². The van der Waals surface area contributed by atoms with Gasteiger partial charge in [0.2, 0.25) is 0 Å². The fourth-order valence-corrected chi connectivity index (χ4v) is 1.29. The van der Waals surface area contributed by atoms with Gasteiger partial charge in [-0.25, -0.2) is 4.98 Å². The van der Waals surface area contributed by atoms with Crippen LogP contribution in [0.15, 0.2) is 35.0 Å². The molecular formula is C11H12N4O2. The van der Waals surface area contributed by atoms with Gasteiger partial charge in [-0.3, -0.25) is 4.79 Å². The first kappa shape index (κ1) is 11.1. The number of nitrogens with zero attached hydrogens (tertiary/aromatic N) is 2. The van der Waals surface area contributed by atoms with E-state index in [1.807, 2.05) is 0 Å². The third-order valence-corrected chi connectivity index (χ3v) is 2.15. The summed E-state index contributed by atoms with van der Waals surface area (Å²) in [5, 5.41) is 9.11. The van der Waals surface area contributed by atoms with Gasteiger partial charge in [0.25, 0.3) is 5.91 Å². The molecule has 88 valence electrons. The molecule has 2 heterocycles. The Labute approximate surface area is 98.0 Å². The number of anilines is 1. The molecule has 0 aliphatic carbocycles. The van der Waals surface area contributed by atoms with Crippen molar-refractivity contribution in [2.75, 3.05) is 12.4 Å². The van der Waals surface area contributed by atoms with E-state index in [-0.39, 0.29) is 5.91 Å². The number of hydrogen-bond acceptors (Lipinski definition) is 5. The average Bonchev–Trinajstić information content (AvgIpc) is 2.89. The van der Waals surface area contributed by atoms with E-state index in [2.05, 4.69) is 20.8 Å². The summed E-state index contributed by atoms with van der Waals surface area (Å²) >= 11 is 0. The zero-order valence-electron chi connectivity index (χ0n) is 9.30. The maximum atomic E-state index is 11.7. The molecule has 0 aliphatic rings. The predicted octanol–water partition coefficient (Wildman–Crippen LogP) is 1.04. The molecule has 2 rings (SSSR count). The van der Waals surface area contributed by atoms with E-state index in [9.17, 15) is 4.79 Å². The van der Waals surface area contributed by atoms with Crippen LogP contribution in [-0.2, 0) is 6.54 Å². The normalized spacial score (nSPS) is 9.94. The summed E-state index contributed by atoms with van der Waals surface area (Å²) in [4.78, 5) is 15.9. The summed E-state index contributed by atoms with van der Waals surface area (Å²) in [5.74, 6) is 0.999. The number of hydrogen-bond donors (Lipinski definition) is 2. The van der Waals surface area contributed by atoms with E-state index in [0.29, 0.717) is 23.8 Å². The molecule has 0 saturated carbocycles. The first-order valence-corrected chi connectivity index (χ1v) is 5.12. The maximum Gasteiger partial charge on any atom is 0.270 e. The minimum Gasteiger partial charge on any atom is -0.373 e. The van der Waals surface area contributed by atoms with Crippen LogP contribution in [0.25, 0.3) is 0 Å². The molecule has 0 fully saturated rings. The minimum atomic E-state index is -0.251. The zero-order chi connectivity index (χ0) is 12.1. The Kier molecular flexibility index (Phi) is 3.34. The lowest BCUT2D eigenvalue weighted by Crippen LogP contribution is -2.23. The van der Waals surface area contributed by atoms with Crippen LogP contribution in [0.5, 0.6) is 0 Å². The Morgan fingerprint density at radius 1 is 1.41 bits per heavy atom. The SMILES string of the molecule is CNc1cccc(C(=O)NCc2ccno2)n1. The molecule has 0 aromatic carbocycles. The van der Waals surface area contributed by atoms with Crippen LogP contribution in [0, 0.1) is 0 Å². The molecular weight excluding hydrogens is 220 g/mol. The van der Waals surface area contributed by atoms with Crippen molar-refractivity contribution in [1.29, 1.82) is 0 Å². The van der Waals surface area contributed by atoms with Crippen molar-refractivity contribution in [3.8, 4) is 0 Å². The van der Waals surface area contributed by atoms with E-state index in [1.54, 1.807) is 31.3 Å². The first-order chi connectivity index (χ1) is 8.29. The highest BCUT2D eigenvalue weighted by molar-refractivity contribution is 5.92. The molecule has 0 spiro atoms. The smallest absolute Gasteiger partial charge is 0.270 e. The molecule has 17 heavy (non-hydrogen) atoms. The van der Waals surface area contributed by atoms with Crippen LogP contribution in [0.4, 0.5) is 5.82 Å². The van der Waals surface area contributed by atoms with Crippen molar-refractivity contribution in [3.63, 3.8) is 0 Å². The molecule has 0 aliphatic heterocycles. The van der Waals surface area contributed by atoms with Crippen molar-refractivity contribution >= 4 is 11.7 Å². The van der Waals surface area contributed by atoms with Crippen LogP contribution in [0.3, 0.4) is 0 Å². The van der Waals surface area contributed by atoms with Gasteiger partial charge in [-0.15, -0.1) is 0 Å². The molecule has 2 aromatic heterocycles. The predicted molar refractivity (Wildman–Crippen MR) is 61.5 cm³/mol. The third-order valence-electron chi connectivity index (χ3n) is 2.15. The molecule has 0 bridgehead atoms. The van der Waals surface area contributed by atoms with E-state index in [1.165, 1.54) is 6.20 Å².